The first-order valence-corrected chi connectivity index (χ1v) is 10.9. The van der Waals surface area contributed by atoms with Gasteiger partial charge in [-0.1, -0.05) is 13.8 Å². The fourth-order valence-electron chi connectivity index (χ4n) is 3.20. The number of nitrogens with one attached hydrogen (secondary N) is 3. The van der Waals surface area contributed by atoms with Crippen LogP contribution in [0.5, 0.6) is 0 Å². The normalized spacial score (nSPS) is 11.3. The average Bonchev–Trinajstić information content (AvgIpc) is 2.67. The van der Waals surface area contributed by atoms with E-state index >= 15 is 0 Å². The van der Waals surface area contributed by atoms with E-state index in [9.17, 15) is 0 Å². The molecule has 2 rings (SSSR count). The van der Waals surface area contributed by atoms with Crippen LogP contribution in [0.1, 0.15) is 44.2 Å². The van der Waals surface area contributed by atoms with Gasteiger partial charge in [-0.2, -0.15) is 0 Å². The van der Waals surface area contributed by atoms with E-state index in [1.807, 2.05) is 30.3 Å². The van der Waals surface area contributed by atoms with Crippen molar-refractivity contribution in [3.63, 3.8) is 0 Å². The van der Waals surface area contributed by atoms with Crippen molar-refractivity contribution in [2.45, 2.75) is 47.0 Å². The van der Waals surface area contributed by atoms with E-state index in [1.165, 1.54) is 48.4 Å². The van der Waals surface area contributed by atoms with Crippen LogP contribution in [0.3, 0.4) is 0 Å². The number of rotatable bonds is 10. The summed E-state index contributed by atoms with van der Waals surface area (Å²) in [5.41, 5.74) is 17.8. The summed E-state index contributed by atoms with van der Waals surface area (Å²) in [4.78, 5) is 1.61. The molecule has 0 aliphatic rings. The zero-order chi connectivity index (χ0) is 21.6. The zero-order valence-electron chi connectivity index (χ0n) is 19.1. The molecule has 0 bridgehead atoms. The van der Waals surface area contributed by atoms with Gasteiger partial charge < -0.3 is 27.0 Å². The number of aryl methyl sites for hydroxylation is 2. The maximum absolute atomic E-state index is 5.72. The van der Waals surface area contributed by atoms with Gasteiger partial charge in [-0.25, -0.2) is 0 Å². The SMILES string of the molecule is CCCNc1ccc(N)cc1C.CCC[NH+](C)CCCNc1ccc(N)cc1C. The van der Waals surface area contributed by atoms with Crippen LogP contribution in [-0.4, -0.2) is 33.2 Å². The van der Waals surface area contributed by atoms with Crippen LogP contribution in [-0.2, 0) is 0 Å². The van der Waals surface area contributed by atoms with Crippen molar-refractivity contribution in [2.75, 3.05) is 55.3 Å². The Morgan fingerprint density at radius 3 is 1.72 bits per heavy atom. The van der Waals surface area contributed by atoms with Crippen molar-refractivity contribution >= 4 is 22.7 Å². The molecule has 7 N–H and O–H groups in total. The average molecular weight is 401 g/mol. The second kappa shape index (κ2) is 13.7. The third-order valence-electron chi connectivity index (χ3n) is 4.84. The molecule has 0 amide bonds. The Morgan fingerprint density at radius 1 is 0.759 bits per heavy atom. The Labute approximate surface area is 177 Å². The first kappa shape index (κ1) is 24.6. The summed E-state index contributed by atoms with van der Waals surface area (Å²) in [6.45, 7) is 13.1. The summed E-state index contributed by atoms with van der Waals surface area (Å²) in [7, 11) is 2.26. The molecule has 5 nitrogen and oxygen atoms in total. The number of nitrogen functional groups attached to an aromatic ring is 2. The number of benzene rings is 2. The van der Waals surface area contributed by atoms with Gasteiger partial charge >= 0.3 is 0 Å². The molecule has 0 aliphatic heterocycles. The summed E-state index contributed by atoms with van der Waals surface area (Å²) in [6, 6.07) is 12.0. The highest BCUT2D eigenvalue weighted by Gasteiger charge is 2.01. The first-order chi connectivity index (χ1) is 13.9. The first-order valence-electron chi connectivity index (χ1n) is 10.9. The fraction of sp³-hybridized carbons (Fsp3) is 0.500. The number of quaternary nitrogens is 1. The van der Waals surface area contributed by atoms with Crippen LogP contribution in [0, 0.1) is 13.8 Å². The van der Waals surface area contributed by atoms with Crippen LogP contribution in [0.2, 0.25) is 0 Å². The molecule has 2 aromatic carbocycles. The molecule has 29 heavy (non-hydrogen) atoms. The molecule has 1 unspecified atom stereocenters. The maximum atomic E-state index is 5.72. The molecule has 0 radical (unpaired) electrons. The Morgan fingerprint density at radius 2 is 1.28 bits per heavy atom. The molecule has 162 valence electrons. The lowest BCUT2D eigenvalue weighted by Gasteiger charge is -2.14. The van der Waals surface area contributed by atoms with E-state index in [0.717, 1.165) is 30.9 Å². The second-order valence-electron chi connectivity index (χ2n) is 7.81. The topological polar surface area (TPSA) is 80.5 Å². The Hall–Kier alpha value is -2.40. The van der Waals surface area contributed by atoms with E-state index in [2.05, 4.69) is 51.4 Å². The zero-order valence-corrected chi connectivity index (χ0v) is 19.1. The minimum Gasteiger partial charge on any atom is -0.399 e. The molecule has 0 saturated carbocycles. The molecule has 0 saturated heterocycles. The molecule has 0 aliphatic carbocycles. The molecular weight excluding hydrogens is 358 g/mol. The quantitative estimate of drug-likeness (QED) is 0.311. The van der Waals surface area contributed by atoms with E-state index in [-0.39, 0.29) is 0 Å². The van der Waals surface area contributed by atoms with Gasteiger partial charge in [0.15, 0.2) is 0 Å². The van der Waals surface area contributed by atoms with Gasteiger partial charge in [0.1, 0.15) is 0 Å². The predicted octanol–water partition coefficient (Wildman–Crippen LogP) is 3.70. The van der Waals surface area contributed by atoms with Gasteiger partial charge in [0.05, 0.1) is 20.1 Å². The van der Waals surface area contributed by atoms with Crippen molar-refractivity contribution < 1.29 is 4.90 Å². The summed E-state index contributed by atoms with van der Waals surface area (Å²) in [6.07, 6.45) is 3.61. The standard InChI is InChI=1S/C14H25N3.C10H16N2/c1-4-9-17(3)10-5-8-16-14-7-6-13(15)11-12(14)2;1-3-6-12-10-5-4-9(11)7-8(10)2/h6-7,11,16H,4-5,8-10,15H2,1-3H3;4-5,7,12H,3,6,11H2,1-2H3/p+1. The van der Waals surface area contributed by atoms with Crippen LogP contribution in [0.4, 0.5) is 22.7 Å². The third kappa shape index (κ3) is 10.1. The number of anilines is 4. The molecule has 2 aromatic rings. The third-order valence-corrected chi connectivity index (χ3v) is 4.84. The Kier molecular flexibility index (Phi) is 11.7. The maximum Gasteiger partial charge on any atom is 0.0785 e. The molecule has 5 heteroatoms. The molecule has 0 fully saturated rings. The fourth-order valence-corrected chi connectivity index (χ4v) is 3.20. The van der Waals surface area contributed by atoms with Crippen molar-refractivity contribution in [3.05, 3.63) is 47.5 Å². The van der Waals surface area contributed by atoms with Gasteiger partial charge in [-0.15, -0.1) is 0 Å². The summed E-state index contributed by atoms with van der Waals surface area (Å²) >= 11 is 0. The lowest BCUT2D eigenvalue weighted by molar-refractivity contribution is -0.879. The lowest BCUT2D eigenvalue weighted by atomic mass is 10.2. The van der Waals surface area contributed by atoms with E-state index in [0.29, 0.717) is 0 Å². The van der Waals surface area contributed by atoms with Gasteiger partial charge in [-0.05, 0) is 74.2 Å². The van der Waals surface area contributed by atoms with Gasteiger partial charge in [0, 0.05) is 42.3 Å². The highest BCUT2D eigenvalue weighted by atomic mass is 15.1. The van der Waals surface area contributed by atoms with Gasteiger partial charge in [-0.3, -0.25) is 0 Å². The minimum atomic E-state index is 0.828. The number of nitrogens with two attached hydrogens (primary N) is 2. The Bertz CT molecular complexity index is 714. The van der Waals surface area contributed by atoms with Crippen LogP contribution in [0.15, 0.2) is 36.4 Å². The molecular formula is C24H42N5+. The summed E-state index contributed by atoms with van der Waals surface area (Å²) < 4.78 is 0. The predicted molar refractivity (Wildman–Crippen MR) is 130 cm³/mol. The van der Waals surface area contributed by atoms with Crippen LogP contribution in [0.25, 0.3) is 0 Å². The van der Waals surface area contributed by atoms with Gasteiger partial charge in [0.25, 0.3) is 0 Å². The summed E-state index contributed by atoms with van der Waals surface area (Å²) in [5, 5.41) is 6.80. The Balaban J connectivity index is 0.000000308. The highest BCUT2D eigenvalue weighted by Crippen LogP contribution is 2.18. The van der Waals surface area contributed by atoms with Crippen molar-refractivity contribution in [1.82, 2.24) is 0 Å². The van der Waals surface area contributed by atoms with Crippen molar-refractivity contribution in [1.29, 1.82) is 0 Å². The van der Waals surface area contributed by atoms with Crippen LogP contribution >= 0.6 is 0 Å². The molecule has 1 atom stereocenters. The van der Waals surface area contributed by atoms with E-state index in [1.54, 1.807) is 4.90 Å². The smallest absolute Gasteiger partial charge is 0.0785 e. The molecule has 0 aromatic heterocycles. The second-order valence-corrected chi connectivity index (χ2v) is 7.81. The number of hydrogen-bond donors (Lipinski definition) is 5. The van der Waals surface area contributed by atoms with Crippen molar-refractivity contribution in [2.24, 2.45) is 0 Å². The van der Waals surface area contributed by atoms with E-state index < -0.39 is 0 Å². The summed E-state index contributed by atoms with van der Waals surface area (Å²) in [5.74, 6) is 0. The van der Waals surface area contributed by atoms with E-state index in [4.69, 9.17) is 11.5 Å². The molecule has 0 heterocycles. The van der Waals surface area contributed by atoms with Crippen LogP contribution < -0.4 is 27.0 Å². The molecule has 0 spiro atoms. The number of hydrogen-bond acceptors (Lipinski definition) is 4. The largest absolute Gasteiger partial charge is 0.399 e. The minimum absolute atomic E-state index is 0.828. The van der Waals surface area contributed by atoms with Crippen molar-refractivity contribution in [3.8, 4) is 0 Å². The lowest BCUT2D eigenvalue weighted by Crippen LogP contribution is -3.09. The van der Waals surface area contributed by atoms with Gasteiger partial charge in [0.2, 0.25) is 0 Å². The monoisotopic (exact) mass is 400 g/mol. The highest BCUT2D eigenvalue weighted by molar-refractivity contribution is 5.58.